The Kier molecular flexibility index (Phi) is 4.51. The van der Waals surface area contributed by atoms with Gasteiger partial charge in [0.05, 0.1) is 23.3 Å². The minimum atomic E-state index is -4.46. The maximum absolute atomic E-state index is 13.0. The lowest BCUT2D eigenvalue weighted by Crippen LogP contribution is -2.32. The Bertz CT molecular complexity index is 775. The molecule has 4 nitrogen and oxygen atoms in total. The van der Waals surface area contributed by atoms with Gasteiger partial charge in [-0.2, -0.15) is 13.2 Å². The normalized spacial score (nSPS) is 20.8. The highest BCUT2D eigenvalue weighted by atomic mass is 19.4. The lowest BCUT2D eigenvalue weighted by atomic mass is 10.0. The number of nitrogens with zero attached hydrogens (tertiary/aromatic N) is 2. The number of pyridine rings is 1. The monoisotopic (exact) mass is 350 g/mol. The second kappa shape index (κ2) is 6.48. The number of rotatable bonds is 2. The number of aliphatic hydroxyl groups is 1. The molecule has 0 spiro atoms. The summed E-state index contributed by atoms with van der Waals surface area (Å²) in [7, 11) is 0. The number of hydrogen-bond donors (Lipinski definition) is 1. The van der Waals surface area contributed by atoms with E-state index in [0.29, 0.717) is 11.1 Å². The molecule has 1 amide bonds. The Morgan fingerprint density at radius 3 is 2.68 bits per heavy atom. The van der Waals surface area contributed by atoms with Crippen LogP contribution in [0.1, 0.15) is 39.6 Å². The number of carbonyl (C=O) groups is 1. The first kappa shape index (κ1) is 17.4. The molecular weight excluding hydrogens is 333 g/mol. The molecule has 0 radical (unpaired) electrons. The molecule has 1 aliphatic rings. The van der Waals surface area contributed by atoms with Crippen LogP contribution in [-0.2, 0) is 6.18 Å². The van der Waals surface area contributed by atoms with E-state index in [0.717, 1.165) is 17.8 Å². The van der Waals surface area contributed by atoms with Crippen molar-refractivity contribution < 1.29 is 23.1 Å². The average molecular weight is 350 g/mol. The third-order valence-corrected chi connectivity index (χ3v) is 4.30. The van der Waals surface area contributed by atoms with Crippen molar-refractivity contribution in [1.29, 1.82) is 0 Å². The Balaban J connectivity index is 1.92. The van der Waals surface area contributed by atoms with Crippen molar-refractivity contribution in [2.45, 2.75) is 31.7 Å². The SMILES string of the molecule is Cc1ccc(C(=O)N2CC(O)CC2c2cccc(C(F)(F)F)c2)cn1. The van der Waals surface area contributed by atoms with E-state index in [1.807, 2.05) is 0 Å². The van der Waals surface area contributed by atoms with Crippen molar-refractivity contribution in [2.75, 3.05) is 6.54 Å². The van der Waals surface area contributed by atoms with E-state index in [4.69, 9.17) is 0 Å². The molecule has 0 bridgehead atoms. The quantitative estimate of drug-likeness (QED) is 0.904. The van der Waals surface area contributed by atoms with Crippen molar-refractivity contribution in [3.8, 4) is 0 Å². The molecule has 1 saturated heterocycles. The van der Waals surface area contributed by atoms with E-state index >= 15 is 0 Å². The summed E-state index contributed by atoms with van der Waals surface area (Å²) in [5.74, 6) is -0.355. The van der Waals surface area contributed by atoms with Gasteiger partial charge in [-0.15, -0.1) is 0 Å². The van der Waals surface area contributed by atoms with Crippen LogP contribution in [0.3, 0.4) is 0 Å². The Labute approximate surface area is 142 Å². The molecule has 0 saturated carbocycles. The standard InChI is InChI=1S/C18H17F3N2O2/c1-11-5-6-13(9-22-11)17(25)23-10-15(24)8-16(23)12-3-2-4-14(7-12)18(19,20)21/h2-7,9,15-16,24H,8,10H2,1H3. The maximum atomic E-state index is 13.0. The smallest absolute Gasteiger partial charge is 0.391 e. The molecule has 2 atom stereocenters. The largest absolute Gasteiger partial charge is 0.416 e. The van der Waals surface area contributed by atoms with Crippen LogP contribution in [0.15, 0.2) is 42.6 Å². The molecule has 3 rings (SSSR count). The van der Waals surface area contributed by atoms with Gasteiger partial charge in [0, 0.05) is 18.4 Å². The van der Waals surface area contributed by atoms with Crippen LogP contribution in [0.25, 0.3) is 0 Å². The van der Waals surface area contributed by atoms with E-state index in [-0.39, 0.29) is 18.9 Å². The predicted octanol–water partition coefficient (Wildman–Crippen LogP) is 3.36. The van der Waals surface area contributed by atoms with E-state index in [2.05, 4.69) is 4.98 Å². The van der Waals surface area contributed by atoms with Gasteiger partial charge in [0.15, 0.2) is 0 Å². The van der Waals surface area contributed by atoms with Gasteiger partial charge in [0.2, 0.25) is 0 Å². The Morgan fingerprint density at radius 2 is 2.04 bits per heavy atom. The Hall–Kier alpha value is -2.41. The summed E-state index contributed by atoms with van der Waals surface area (Å²) in [4.78, 5) is 18.2. The molecular formula is C18H17F3N2O2. The maximum Gasteiger partial charge on any atom is 0.416 e. The molecule has 2 unspecified atom stereocenters. The van der Waals surface area contributed by atoms with E-state index < -0.39 is 23.9 Å². The molecule has 2 heterocycles. The third-order valence-electron chi connectivity index (χ3n) is 4.30. The van der Waals surface area contributed by atoms with Gasteiger partial charge in [0.1, 0.15) is 0 Å². The summed E-state index contributed by atoms with van der Waals surface area (Å²) in [5.41, 5.74) is 0.694. The lowest BCUT2D eigenvalue weighted by Gasteiger charge is -2.25. The fourth-order valence-corrected chi connectivity index (χ4v) is 3.04. The van der Waals surface area contributed by atoms with Crippen LogP contribution in [-0.4, -0.2) is 33.5 Å². The number of benzene rings is 1. The highest BCUT2D eigenvalue weighted by molar-refractivity contribution is 5.94. The summed E-state index contributed by atoms with van der Waals surface area (Å²) in [6, 6.07) is 7.61. The van der Waals surface area contributed by atoms with Crippen LogP contribution in [0.5, 0.6) is 0 Å². The zero-order valence-electron chi connectivity index (χ0n) is 13.5. The number of hydrogen-bond acceptors (Lipinski definition) is 3. The number of halogens is 3. The van der Waals surface area contributed by atoms with E-state index in [9.17, 15) is 23.1 Å². The number of carbonyl (C=O) groups excluding carboxylic acids is 1. The second-order valence-corrected chi connectivity index (χ2v) is 6.17. The van der Waals surface area contributed by atoms with Crippen molar-refractivity contribution in [2.24, 2.45) is 0 Å². The van der Waals surface area contributed by atoms with Gasteiger partial charge in [-0.3, -0.25) is 9.78 Å². The van der Waals surface area contributed by atoms with Gasteiger partial charge in [-0.25, -0.2) is 0 Å². The van der Waals surface area contributed by atoms with Crippen LogP contribution in [0.4, 0.5) is 13.2 Å². The first-order valence-corrected chi connectivity index (χ1v) is 7.84. The summed E-state index contributed by atoms with van der Waals surface area (Å²) in [6.07, 6.45) is -3.59. The molecule has 1 fully saturated rings. The molecule has 2 aromatic rings. The number of aromatic nitrogens is 1. The topological polar surface area (TPSA) is 53.4 Å². The van der Waals surface area contributed by atoms with Crippen LogP contribution in [0.2, 0.25) is 0 Å². The lowest BCUT2D eigenvalue weighted by molar-refractivity contribution is -0.137. The number of β-amino-alcohol motifs (C(OH)–C–C–N with tert-alkyl or cyclic N) is 1. The summed E-state index contributed by atoms with van der Waals surface area (Å²) < 4.78 is 38.9. The molecule has 132 valence electrons. The minimum Gasteiger partial charge on any atom is -0.391 e. The van der Waals surface area contributed by atoms with Gasteiger partial charge in [-0.1, -0.05) is 12.1 Å². The molecule has 0 aliphatic carbocycles. The highest BCUT2D eigenvalue weighted by Crippen LogP contribution is 2.36. The first-order valence-electron chi connectivity index (χ1n) is 7.84. The highest BCUT2D eigenvalue weighted by Gasteiger charge is 2.37. The fraction of sp³-hybridized carbons (Fsp3) is 0.333. The van der Waals surface area contributed by atoms with Gasteiger partial charge < -0.3 is 10.0 Å². The molecule has 1 aromatic carbocycles. The fourth-order valence-electron chi connectivity index (χ4n) is 3.04. The van der Waals surface area contributed by atoms with Crippen LogP contribution >= 0.6 is 0 Å². The van der Waals surface area contributed by atoms with E-state index in [1.165, 1.54) is 17.2 Å². The van der Waals surface area contributed by atoms with Crippen molar-refractivity contribution in [3.63, 3.8) is 0 Å². The van der Waals surface area contributed by atoms with Crippen molar-refractivity contribution in [1.82, 2.24) is 9.88 Å². The predicted molar refractivity (Wildman–Crippen MR) is 84.8 cm³/mol. The molecule has 25 heavy (non-hydrogen) atoms. The Morgan fingerprint density at radius 1 is 1.28 bits per heavy atom. The van der Waals surface area contributed by atoms with Crippen LogP contribution < -0.4 is 0 Å². The van der Waals surface area contributed by atoms with Gasteiger partial charge in [0.25, 0.3) is 5.91 Å². The second-order valence-electron chi connectivity index (χ2n) is 6.17. The molecule has 1 aliphatic heterocycles. The molecule has 1 aromatic heterocycles. The third kappa shape index (κ3) is 3.66. The minimum absolute atomic E-state index is 0.0770. The summed E-state index contributed by atoms with van der Waals surface area (Å²) in [5, 5.41) is 9.97. The zero-order valence-corrected chi connectivity index (χ0v) is 13.5. The number of alkyl halides is 3. The summed E-state index contributed by atoms with van der Waals surface area (Å²) >= 11 is 0. The zero-order chi connectivity index (χ0) is 18.2. The molecule has 1 N–H and O–H groups in total. The van der Waals surface area contributed by atoms with Gasteiger partial charge in [-0.05, 0) is 43.2 Å². The summed E-state index contributed by atoms with van der Waals surface area (Å²) in [6.45, 7) is 1.87. The van der Waals surface area contributed by atoms with Crippen molar-refractivity contribution >= 4 is 5.91 Å². The van der Waals surface area contributed by atoms with E-state index in [1.54, 1.807) is 25.1 Å². The van der Waals surface area contributed by atoms with Crippen molar-refractivity contribution in [3.05, 3.63) is 65.0 Å². The number of aliphatic hydroxyl groups excluding tert-OH is 1. The van der Waals surface area contributed by atoms with Crippen LogP contribution in [0, 0.1) is 6.92 Å². The van der Waals surface area contributed by atoms with Gasteiger partial charge >= 0.3 is 6.18 Å². The molecule has 7 heteroatoms. The average Bonchev–Trinajstić information content (AvgIpc) is 2.96. The number of aryl methyl sites for hydroxylation is 1. The number of amides is 1. The first-order chi connectivity index (χ1) is 11.8. The number of likely N-dealkylation sites (tertiary alicyclic amines) is 1.